The van der Waals surface area contributed by atoms with Crippen LogP contribution in [-0.2, 0) is 0 Å². The third-order valence-corrected chi connectivity index (χ3v) is 2.87. The molecule has 1 atom stereocenters. The largest absolute Gasteiger partial charge is 0.329 e. The van der Waals surface area contributed by atoms with Crippen LogP contribution in [0.5, 0.6) is 0 Å². The summed E-state index contributed by atoms with van der Waals surface area (Å²) in [5.74, 6) is 0. The second-order valence-electron chi connectivity index (χ2n) is 4.07. The molecule has 0 amide bonds. The van der Waals surface area contributed by atoms with Crippen LogP contribution in [0.15, 0.2) is 42.5 Å². The standard InChI is InChI=1S/C14H18N2/c1-11(16-9-8-15)13-7-6-12-4-2-3-5-14(12)10-13/h2-7,10-11,16H,8-9,15H2,1H3. The summed E-state index contributed by atoms with van der Waals surface area (Å²) < 4.78 is 0. The van der Waals surface area contributed by atoms with E-state index in [4.69, 9.17) is 5.73 Å². The zero-order valence-corrected chi connectivity index (χ0v) is 9.61. The van der Waals surface area contributed by atoms with Crippen molar-refractivity contribution in [1.29, 1.82) is 0 Å². The van der Waals surface area contributed by atoms with E-state index in [0.29, 0.717) is 12.6 Å². The molecule has 0 saturated carbocycles. The van der Waals surface area contributed by atoms with E-state index >= 15 is 0 Å². The van der Waals surface area contributed by atoms with Crippen molar-refractivity contribution in [3.8, 4) is 0 Å². The van der Waals surface area contributed by atoms with Gasteiger partial charge in [-0.05, 0) is 29.3 Å². The van der Waals surface area contributed by atoms with Gasteiger partial charge in [-0.1, -0.05) is 36.4 Å². The third kappa shape index (κ3) is 2.40. The molecule has 0 fully saturated rings. The minimum absolute atomic E-state index is 0.355. The molecule has 16 heavy (non-hydrogen) atoms. The van der Waals surface area contributed by atoms with Crippen LogP contribution >= 0.6 is 0 Å². The number of nitrogens with one attached hydrogen (secondary N) is 1. The molecule has 0 bridgehead atoms. The lowest BCUT2D eigenvalue weighted by molar-refractivity contribution is 0.583. The quantitative estimate of drug-likeness (QED) is 0.820. The minimum atomic E-state index is 0.355. The highest BCUT2D eigenvalue weighted by Crippen LogP contribution is 2.19. The molecule has 3 N–H and O–H groups in total. The first-order valence-corrected chi connectivity index (χ1v) is 5.73. The predicted octanol–water partition coefficient (Wildman–Crippen LogP) is 2.45. The Bertz CT molecular complexity index is 465. The Morgan fingerprint density at radius 3 is 2.62 bits per heavy atom. The van der Waals surface area contributed by atoms with Crippen LogP contribution in [0.1, 0.15) is 18.5 Å². The van der Waals surface area contributed by atoms with Crippen molar-refractivity contribution in [3.05, 3.63) is 48.0 Å². The normalized spacial score (nSPS) is 12.9. The van der Waals surface area contributed by atoms with Gasteiger partial charge in [0, 0.05) is 19.1 Å². The van der Waals surface area contributed by atoms with Gasteiger partial charge in [0.15, 0.2) is 0 Å². The zero-order valence-electron chi connectivity index (χ0n) is 9.61. The predicted molar refractivity (Wildman–Crippen MR) is 69.4 cm³/mol. The molecule has 2 rings (SSSR count). The number of fused-ring (bicyclic) bond motifs is 1. The van der Waals surface area contributed by atoms with Gasteiger partial charge in [0.1, 0.15) is 0 Å². The number of rotatable bonds is 4. The molecule has 0 heterocycles. The van der Waals surface area contributed by atoms with Crippen LogP contribution < -0.4 is 11.1 Å². The second kappa shape index (κ2) is 5.10. The van der Waals surface area contributed by atoms with Crippen LogP contribution in [0.3, 0.4) is 0 Å². The second-order valence-corrected chi connectivity index (χ2v) is 4.07. The molecule has 0 radical (unpaired) electrons. The molecule has 0 aromatic heterocycles. The molecular weight excluding hydrogens is 196 g/mol. The third-order valence-electron chi connectivity index (χ3n) is 2.87. The first kappa shape index (κ1) is 11.1. The SMILES string of the molecule is CC(NCCN)c1ccc2ccccc2c1. The summed E-state index contributed by atoms with van der Waals surface area (Å²) in [6.45, 7) is 3.70. The van der Waals surface area contributed by atoms with Gasteiger partial charge in [-0.25, -0.2) is 0 Å². The van der Waals surface area contributed by atoms with E-state index in [0.717, 1.165) is 6.54 Å². The number of hydrogen-bond donors (Lipinski definition) is 2. The number of nitrogens with two attached hydrogens (primary N) is 1. The monoisotopic (exact) mass is 214 g/mol. The summed E-state index contributed by atoms with van der Waals surface area (Å²) in [6, 6.07) is 15.4. The first-order valence-electron chi connectivity index (χ1n) is 5.73. The maximum atomic E-state index is 5.48. The average molecular weight is 214 g/mol. The van der Waals surface area contributed by atoms with Gasteiger partial charge < -0.3 is 11.1 Å². The molecular formula is C14H18N2. The fraction of sp³-hybridized carbons (Fsp3) is 0.286. The lowest BCUT2D eigenvalue weighted by Crippen LogP contribution is -2.25. The summed E-state index contributed by atoms with van der Waals surface area (Å²) in [5.41, 5.74) is 6.80. The van der Waals surface area contributed by atoms with Gasteiger partial charge in [-0.2, -0.15) is 0 Å². The van der Waals surface area contributed by atoms with Gasteiger partial charge in [-0.3, -0.25) is 0 Å². The Labute approximate surface area is 96.5 Å². The highest BCUT2D eigenvalue weighted by molar-refractivity contribution is 5.83. The van der Waals surface area contributed by atoms with Gasteiger partial charge in [-0.15, -0.1) is 0 Å². The summed E-state index contributed by atoms with van der Waals surface area (Å²) in [5, 5.41) is 5.97. The summed E-state index contributed by atoms with van der Waals surface area (Å²) in [4.78, 5) is 0. The topological polar surface area (TPSA) is 38.0 Å². The van der Waals surface area contributed by atoms with Crippen LogP contribution in [0, 0.1) is 0 Å². The van der Waals surface area contributed by atoms with E-state index in [9.17, 15) is 0 Å². The summed E-state index contributed by atoms with van der Waals surface area (Å²) in [7, 11) is 0. The Morgan fingerprint density at radius 2 is 1.88 bits per heavy atom. The van der Waals surface area contributed by atoms with Gasteiger partial charge in [0.2, 0.25) is 0 Å². The van der Waals surface area contributed by atoms with Crippen LogP contribution in [0.4, 0.5) is 0 Å². The summed E-state index contributed by atoms with van der Waals surface area (Å²) >= 11 is 0. The molecule has 0 aliphatic carbocycles. The molecule has 2 heteroatoms. The molecule has 84 valence electrons. The van der Waals surface area contributed by atoms with Crippen molar-refractivity contribution in [3.63, 3.8) is 0 Å². The highest BCUT2D eigenvalue weighted by Gasteiger charge is 2.04. The van der Waals surface area contributed by atoms with Crippen molar-refractivity contribution in [2.24, 2.45) is 5.73 Å². The minimum Gasteiger partial charge on any atom is -0.329 e. The van der Waals surface area contributed by atoms with Crippen LogP contribution in [-0.4, -0.2) is 13.1 Å². The van der Waals surface area contributed by atoms with E-state index in [1.54, 1.807) is 0 Å². The van der Waals surface area contributed by atoms with Crippen LogP contribution in [0.25, 0.3) is 10.8 Å². The van der Waals surface area contributed by atoms with E-state index in [-0.39, 0.29) is 0 Å². The van der Waals surface area contributed by atoms with Gasteiger partial charge in [0.25, 0.3) is 0 Å². The fourth-order valence-electron chi connectivity index (χ4n) is 1.89. The molecule has 0 saturated heterocycles. The molecule has 2 aromatic rings. The van der Waals surface area contributed by atoms with Crippen molar-refractivity contribution in [2.45, 2.75) is 13.0 Å². The zero-order chi connectivity index (χ0) is 11.4. The maximum Gasteiger partial charge on any atom is 0.0292 e. The van der Waals surface area contributed by atoms with Crippen molar-refractivity contribution in [1.82, 2.24) is 5.32 Å². The smallest absolute Gasteiger partial charge is 0.0292 e. The lowest BCUT2D eigenvalue weighted by atomic mass is 10.0. The Balaban J connectivity index is 2.25. The molecule has 0 spiro atoms. The Hall–Kier alpha value is -1.38. The molecule has 2 aromatic carbocycles. The van der Waals surface area contributed by atoms with E-state index in [1.165, 1.54) is 16.3 Å². The van der Waals surface area contributed by atoms with Crippen molar-refractivity contribution >= 4 is 10.8 Å². The van der Waals surface area contributed by atoms with Crippen LogP contribution in [0.2, 0.25) is 0 Å². The molecule has 1 unspecified atom stereocenters. The Kier molecular flexibility index (Phi) is 3.54. The van der Waals surface area contributed by atoms with Crippen molar-refractivity contribution in [2.75, 3.05) is 13.1 Å². The maximum absolute atomic E-state index is 5.48. The van der Waals surface area contributed by atoms with E-state index < -0.39 is 0 Å². The Morgan fingerprint density at radius 1 is 1.12 bits per heavy atom. The molecule has 2 nitrogen and oxygen atoms in total. The van der Waals surface area contributed by atoms with Gasteiger partial charge in [0.05, 0.1) is 0 Å². The van der Waals surface area contributed by atoms with E-state index in [2.05, 4.69) is 54.7 Å². The first-order chi connectivity index (χ1) is 7.81. The number of hydrogen-bond acceptors (Lipinski definition) is 2. The van der Waals surface area contributed by atoms with Crippen molar-refractivity contribution < 1.29 is 0 Å². The summed E-state index contributed by atoms with van der Waals surface area (Å²) in [6.07, 6.45) is 0. The fourth-order valence-corrected chi connectivity index (χ4v) is 1.89. The molecule has 0 aliphatic heterocycles. The highest BCUT2D eigenvalue weighted by atomic mass is 14.9. The van der Waals surface area contributed by atoms with Gasteiger partial charge >= 0.3 is 0 Å². The number of benzene rings is 2. The molecule has 0 aliphatic rings. The van der Waals surface area contributed by atoms with E-state index in [1.807, 2.05) is 0 Å². The average Bonchev–Trinajstić information content (AvgIpc) is 2.35. The lowest BCUT2D eigenvalue weighted by Gasteiger charge is -2.14.